The lowest BCUT2D eigenvalue weighted by Gasteiger charge is -2.11. The quantitative estimate of drug-likeness (QED) is 0.856. The summed E-state index contributed by atoms with van der Waals surface area (Å²) in [5.74, 6) is -3.08. The average Bonchev–Trinajstić information content (AvgIpc) is 2.86. The Balaban J connectivity index is 2.12. The summed E-state index contributed by atoms with van der Waals surface area (Å²) in [6.45, 7) is -0.127. The first-order chi connectivity index (χ1) is 9.56. The van der Waals surface area contributed by atoms with E-state index in [1.54, 1.807) is 6.07 Å². The van der Waals surface area contributed by atoms with E-state index in [0.29, 0.717) is 0 Å². The van der Waals surface area contributed by atoms with Crippen LogP contribution in [-0.2, 0) is 11.3 Å². The van der Waals surface area contributed by atoms with Gasteiger partial charge in [0.1, 0.15) is 12.9 Å². The molecule has 0 saturated carbocycles. The molecule has 1 amide bonds. The summed E-state index contributed by atoms with van der Waals surface area (Å²) >= 11 is 6.13. The minimum Gasteiger partial charge on any atom is -0.323 e. The monoisotopic (exact) mass is 319 g/mol. The maximum atomic E-state index is 12.5. The van der Waals surface area contributed by atoms with E-state index in [1.165, 1.54) is 23.1 Å². The van der Waals surface area contributed by atoms with Crippen molar-refractivity contribution >= 4 is 35.0 Å². The minimum absolute atomic E-state index is 0.120. The van der Waals surface area contributed by atoms with E-state index in [2.05, 4.69) is 20.8 Å². The zero-order chi connectivity index (χ0) is 14.5. The van der Waals surface area contributed by atoms with Crippen LogP contribution < -0.4 is 5.32 Å². The SMILES string of the molecule is O=C(Cn1cnnn1)Nc1cccc(Cl)c1SC(F)F. The molecular formula is C10H8ClF2N5OS. The van der Waals surface area contributed by atoms with Crippen LogP contribution in [0.5, 0.6) is 0 Å². The van der Waals surface area contributed by atoms with E-state index >= 15 is 0 Å². The van der Waals surface area contributed by atoms with Crippen molar-refractivity contribution in [1.82, 2.24) is 20.2 Å². The molecule has 0 atom stereocenters. The Kier molecular flexibility index (Phi) is 4.85. The van der Waals surface area contributed by atoms with Gasteiger partial charge in [0.25, 0.3) is 5.76 Å². The zero-order valence-corrected chi connectivity index (χ0v) is 11.4. The number of rotatable bonds is 5. The van der Waals surface area contributed by atoms with Crippen molar-refractivity contribution in [3.05, 3.63) is 29.5 Å². The fourth-order valence-electron chi connectivity index (χ4n) is 1.41. The van der Waals surface area contributed by atoms with Crippen LogP contribution in [0.2, 0.25) is 5.02 Å². The minimum atomic E-state index is -2.63. The van der Waals surface area contributed by atoms with Crippen LogP contribution in [0.4, 0.5) is 14.5 Å². The van der Waals surface area contributed by atoms with E-state index < -0.39 is 11.7 Å². The Hall–Kier alpha value is -1.74. The third-order valence-corrected chi connectivity index (χ3v) is 3.43. The summed E-state index contributed by atoms with van der Waals surface area (Å²) in [4.78, 5) is 11.9. The maximum Gasteiger partial charge on any atom is 0.289 e. The summed E-state index contributed by atoms with van der Waals surface area (Å²) in [5.41, 5.74) is 0.223. The Bertz CT molecular complexity index is 595. The Morgan fingerprint density at radius 3 is 2.95 bits per heavy atom. The highest BCUT2D eigenvalue weighted by Gasteiger charge is 2.15. The molecule has 0 aliphatic carbocycles. The molecule has 0 radical (unpaired) electrons. The van der Waals surface area contributed by atoms with Gasteiger partial charge in [-0.1, -0.05) is 29.4 Å². The summed E-state index contributed by atoms with van der Waals surface area (Å²) in [6, 6.07) is 4.53. The number of carbonyl (C=O) groups is 1. The fraction of sp³-hybridized carbons (Fsp3) is 0.200. The number of alkyl halides is 2. The molecule has 106 valence electrons. The molecule has 1 aromatic carbocycles. The van der Waals surface area contributed by atoms with Gasteiger partial charge in [-0.05, 0) is 22.6 Å². The van der Waals surface area contributed by atoms with Crippen LogP contribution in [0.3, 0.4) is 0 Å². The molecule has 0 fully saturated rings. The standard InChI is InChI=1S/C10H8ClF2N5OS/c11-6-2-1-3-7(9(6)20-10(12)13)15-8(19)4-18-5-14-16-17-18/h1-3,5,10H,4H2,(H,15,19). The highest BCUT2D eigenvalue weighted by atomic mass is 35.5. The Morgan fingerprint density at radius 2 is 2.30 bits per heavy atom. The smallest absolute Gasteiger partial charge is 0.289 e. The van der Waals surface area contributed by atoms with Crippen molar-refractivity contribution in [2.24, 2.45) is 0 Å². The maximum absolute atomic E-state index is 12.5. The molecule has 0 aliphatic heterocycles. The zero-order valence-electron chi connectivity index (χ0n) is 9.83. The number of tetrazole rings is 1. The number of anilines is 1. The van der Waals surface area contributed by atoms with Gasteiger partial charge >= 0.3 is 0 Å². The number of halogens is 3. The second-order valence-electron chi connectivity index (χ2n) is 3.55. The van der Waals surface area contributed by atoms with E-state index in [-0.39, 0.29) is 33.9 Å². The molecule has 0 spiro atoms. The van der Waals surface area contributed by atoms with Gasteiger partial charge in [0, 0.05) is 0 Å². The largest absolute Gasteiger partial charge is 0.323 e. The summed E-state index contributed by atoms with van der Waals surface area (Å²) in [5, 5.41) is 12.9. The van der Waals surface area contributed by atoms with E-state index in [4.69, 9.17) is 11.6 Å². The molecule has 0 bridgehead atoms. The molecule has 0 saturated heterocycles. The predicted molar refractivity (Wildman–Crippen MR) is 69.8 cm³/mol. The predicted octanol–water partition coefficient (Wildman–Crippen LogP) is 2.28. The van der Waals surface area contributed by atoms with E-state index in [0.717, 1.165) is 0 Å². The van der Waals surface area contributed by atoms with Crippen LogP contribution >= 0.6 is 23.4 Å². The number of hydrogen-bond donors (Lipinski definition) is 1. The number of amides is 1. The first-order valence-electron chi connectivity index (χ1n) is 5.30. The number of nitrogens with one attached hydrogen (secondary N) is 1. The lowest BCUT2D eigenvalue weighted by Crippen LogP contribution is -2.19. The molecule has 2 aromatic rings. The van der Waals surface area contributed by atoms with E-state index in [9.17, 15) is 13.6 Å². The topological polar surface area (TPSA) is 72.7 Å². The lowest BCUT2D eigenvalue weighted by molar-refractivity contribution is -0.116. The van der Waals surface area contributed by atoms with Crippen molar-refractivity contribution in [3.8, 4) is 0 Å². The summed E-state index contributed by atoms with van der Waals surface area (Å²) < 4.78 is 26.2. The number of nitrogens with zero attached hydrogens (tertiary/aromatic N) is 4. The fourth-order valence-corrected chi connectivity index (χ4v) is 2.32. The van der Waals surface area contributed by atoms with Gasteiger partial charge < -0.3 is 5.32 Å². The van der Waals surface area contributed by atoms with Crippen molar-refractivity contribution in [2.45, 2.75) is 17.2 Å². The van der Waals surface area contributed by atoms with Gasteiger partial charge in [0.2, 0.25) is 5.91 Å². The molecule has 1 aromatic heterocycles. The molecule has 0 aliphatic rings. The molecule has 10 heteroatoms. The molecule has 20 heavy (non-hydrogen) atoms. The lowest BCUT2D eigenvalue weighted by atomic mass is 10.3. The third kappa shape index (κ3) is 3.87. The second-order valence-corrected chi connectivity index (χ2v) is 4.96. The van der Waals surface area contributed by atoms with E-state index in [1.807, 2.05) is 0 Å². The summed E-state index contributed by atoms with van der Waals surface area (Å²) in [6.07, 6.45) is 1.27. The van der Waals surface area contributed by atoms with Crippen molar-refractivity contribution < 1.29 is 13.6 Å². The van der Waals surface area contributed by atoms with Gasteiger partial charge in [-0.25, -0.2) is 4.68 Å². The third-order valence-electron chi connectivity index (χ3n) is 2.15. The van der Waals surface area contributed by atoms with Crippen LogP contribution in [0.1, 0.15) is 0 Å². The Morgan fingerprint density at radius 1 is 1.50 bits per heavy atom. The molecule has 0 unspecified atom stereocenters. The Labute approximate surface area is 121 Å². The molecule has 1 heterocycles. The van der Waals surface area contributed by atoms with Crippen LogP contribution in [0, 0.1) is 0 Å². The highest BCUT2D eigenvalue weighted by Crippen LogP contribution is 2.37. The normalized spacial score (nSPS) is 10.8. The molecular weight excluding hydrogens is 312 g/mol. The average molecular weight is 320 g/mol. The highest BCUT2D eigenvalue weighted by molar-refractivity contribution is 7.99. The second kappa shape index (κ2) is 6.62. The first kappa shape index (κ1) is 14.7. The molecule has 6 nitrogen and oxygen atoms in total. The summed E-state index contributed by atoms with van der Waals surface area (Å²) in [7, 11) is 0. The van der Waals surface area contributed by atoms with Crippen LogP contribution in [-0.4, -0.2) is 31.9 Å². The molecule has 1 N–H and O–H groups in total. The van der Waals surface area contributed by atoms with Crippen molar-refractivity contribution in [1.29, 1.82) is 0 Å². The number of carbonyl (C=O) groups excluding carboxylic acids is 1. The van der Waals surface area contributed by atoms with Crippen molar-refractivity contribution in [3.63, 3.8) is 0 Å². The van der Waals surface area contributed by atoms with Gasteiger partial charge in [-0.15, -0.1) is 5.10 Å². The number of aromatic nitrogens is 4. The van der Waals surface area contributed by atoms with Gasteiger partial charge in [-0.2, -0.15) is 8.78 Å². The van der Waals surface area contributed by atoms with Gasteiger partial charge in [0.05, 0.1) is 15.6 Å². The van der Waals surface area contributed by atoms with Gasteiger partial charge in [-0.3, -0.25) is 4.79 Å². The van der Waals surface area contributed by atoms with Crippen LogP contribution in [0.15, 0.2) is 29.4 Å². The van der Waals surface area contributed by atoms with Gasteiger partial charge in [0.15, 0.2) is 0 Å². The molecule has 2 rings (SSSR count). The van der Waals surface area contributed by atoms with Crippen LogP contribution in [0.25, 0.3) is 0 Å². The first-order valence-corrected chi connectivity index (χ1v) is 6.56. The van der Waals surface area contributed by atoms with Crippen molar-refractivity contribution in [2.75, 3.05) is 5.32 Å². The number of thioether (sulfide) groups is 1. The number of hydrogen-bond acceptors (Lipinski definition) is 5. The number of benzene rings is 1.